The number of likely N-dealkylation sites (tertiary alicyclic amines) is 1. The Bertz CT molecular complexity index is 1190. The molecule has 1 aliphatic carbocycles. The monoisotopic (exact) mass is 567 g/mol. The van der Waals surface area contributed by atoms with Crippen LogP contribution in [0.5, 0.6) is 0 Å². The predicted octanol–water partition coefficient (Wildman–Crippen LogP) is -2.53. The van der Waals surface area contributed by atoms with Gasteiger partial charge in [-0.25, -0.2) is 19.4 Å². The van der Waals surface area contributed by atoms with E-state index in [1.54, 1.807) is 0 Å². The van der Waals surface area contributed by atoms with Crippen molar-refractivity contribution in [3.8, 4) is 0 Å². The molecule has 0 radical (unpaired) electrons. The number of nitrogens with one attached hydrogen (secondary N) is 3. The minimum atomic E-state index is -1.51. The molecule has 3 fully saturated rings. The standard InChI is InChI=1S/C21H29N9O8S/c1-29-12(8-30-7-10(37-20(30)36)6-25-19(35)24-5-4-22)14(16(29)32)27-15(31)13(11-9-39-18(23)26-11)28-38-21(2-3-21)17(33)34/h9-10,12,14H,2-8,22H2,1H3,(H2,23,26)(H,27,31)(H,33,34)(H2,24,25,35)/b28-13-/t10-,12-,14+/m1/s1. The second kappa shape index (κ2) is 11.3. The largest absolute Gasteiger partial charge is 0.478 e. The first-order valence-corrected chi connectivity index (χ1v) is 12.9. The van der Waals surface area contributed by atoms with Crippen molar-refractivity contribution < 1.29 is 38.7 Å². The average Bonchev–Trinajstić information content (AvgIpc) is 3.46. The number of carboxylic acid groups (broad SMARTS) is 1. The zero-order valence-corrected chi connectivity index (χ0v) is 21.7. The van der Waals surface area contributed by atoms with Crippen molar-refractivity contribution in [2.24, 2.45) is 10.9 Å². The highest BCUT2D eigenvalue weighted by molar-refractivity contribution is 7.13. The molecule has 8 N–H and O–H groups in total. The van der Waals surface area contributed by atoms with E-state index in [2.05, 4.69) is 26.1 Å². The second-order valence-electron chi connectivity index (χ2n) is 9.21. The first kappa shape index (κ1) is 27.8. The molecule has 0 spiro atoms. The summed E-state index contributed by atoms with van der Waals surface area (Å²) >= 11 is 1.04. The van der Waals surface area contributed by atoms with E-state index >= 15 is 0 Å². The molecule has 3 atom stereocenters. The third-order valence-corrected chi connectivity index (χ3v) is 7.12. The van der Waals surface area contributed by atoms with Gasteiger partial charge in [0, 0.05) is 44.9 Å². The predicted molar refractivity (Wildman–Crippen MR) is 135 cm³/mol. The maximum atomic E-state index is 13.2. The molecule has 0 aromatic carbocycles. The van der Waals surface area contributed by atoms with Crippen molar-refractivity contribution in [1.29, 1.82) is 0 Å². The highest BCUT2D eigenvalue weighted by Gasteiger charge is 2.55. The lowest BCUT2D eigenvalue weighted by atomic mass is 9.95. The van der Waals surface area contributed by atoms with Crippen LogP contribution in [0.3, 0.4) is 0 Å². The molecular formula is C21H29N9O8S. The number of aliphatic carboxylic acids is 1. The molecule has 18 heteroatoms. The van der Waals surface area contributed by atoms with Crippen LogP contribution in [0.1, 0.15) is 18.5 Å². The van der Waals surface area contributed by atoms with Crippen LogP contribution in [0.25, 0.3) is 0 Å². The van der Waals surface area contributed by atoms with E-state index < -0.39 is 53.7 Å². The molecule has 2 saturated heterocycles. The van der Waals surface area contributed by atoms with Gasteiger partial charge >= 0.3 is 18.1 Å². The van der Waals surface area contributed by atoms with Gasteiger partial charge in [-0.15, -0.1) is 11.3 Å². The van der Waals surface area contributed by atoms with Gasteiger partial charge in [-0.2, -0.15) is 0 Å². The lowest BCUT2D eigenvalue weighted by Gasteiger charge is -2.46. The maximum absolute atomic E-state index is 13.2. The highest BCUT2D eigenvalue weighted by Crippen LogP contribution is 2.40. The molecule has 3 aliphatic rings. The van der Waals surface area contributed by atoms with Gasteiger partial charge < -0.3 is 51.9 Å². The number of nitrogens with two attached hydrogens (primary N) is 2. The lowest BCUT2D eigenvalue weighted by molar-refractivity contribution is -0.153. The number of nitrogens with zero attached hydrogens (tertiary/aromatic N) is 4. The van der Waals surface area contributed by atoms with E-state index in [0.717, 1.165) is 11.3 Å². The van der Waals surface area contributed by atoms with Gasteiger partial charge in [0.1, 0.15) is 17.8 Å². The molecule has 1 aromatic heterocycles. The van der Waals surface area contributed by atoms with Crippen molar-refractivity contribution in [2.45, 2.75) is 36.6 Å². The molecule has 4 rings (SSSR count). The topological polar surface area (TPSA) is 244 Å². The van der Waals surface area contributed by atoms with E-state index in [0.29, 0.717) is 6.54 Å². The summed E-state index contributed by atoms with van der Waals surface area (Å²) in [5.74, 6) is -2.44. The van der Waals surface area contributed by atoms with Crippen molar-refractivity contribution >= 4 is 52.1 Å². The number of aromatic nitrogens is 1. The summed E-state index contributed by atoms with van der Waals surface area (Å²) in [6.45, 7) is 0.868. The van der Waals surface area contributed by atoms with Gasteiger partial charge in [0.25, 0.3) is 5.91 Å². The molecule has 1 saturated carbocycles. The lowest BCUT2D eigenvalue weighted by Crippen LogP contribution is -2.72. The average molecular weight is 568 g/mol. The number of carboxylic acids is 1. The number of cyclic esters (lactones) is 1. The van der Waals surface area contributed by atoms with E-state index in [9.17, 15) is 29.1 Å². The number of nitrogen functional groups attached to an aromatic ring is 1. The number of rotatable bonds is 12. The number of thiazole rings is 1. The molecule has 0 unspecified atom stereocenters. The Kier molecular flexibility index (Phi) is 8.05. The van der Waals surface area contributed by atoms with Crippen LogP contribution in [0, 0.1) is 0 Å². The Morgan fingerprint density at radius 3 is 2.69 bits per heavy atom. The smallest absolute Gasteiger partial charge is 0.410 e. The van der Waals surface area contributed by atoms with Crippen molar-refractivity contribution in [2.75, 3.05) is 45.5 Å². The molecule has 39 heavy (non-hydrogen) atoms. The zero-order chi connectivity index (χ0) is 28.3. The first-order valence-electron chi connectivity index (χ1n) is 12.0. The Morgan fingerprint density at radius 1 is 1.33 bits per heavy atom. The number of oxime groups is 1. The number of amides is 5. The molecule has 17 nitrogen and oxygen atoms in total. The van der Waals surface area contributed by atoms with Crippen LogP contribution in [0.4, 0.5) is 14.7 Å². The van der Waals surface area contributed by atoms with Gasteiger partial charge in [-0.3, -0.25) is 9.59 Å². The van der Waals surface area contributed by atoms with Crippen molar-refractivity contribution in [1.82, 2.24) is 30.7 Å². The van der Waals surface area contributed by atoms with Gasteiger partial charge in [0.05, 0.1) is 19.1 Å². The first-order chi connectivity index (χ1) is 18.5. The maximum Gasteiger partial charge on any atom is 0.410 e. The third-order valence-electron chi connectivity index (χ3n) is 6.45. The highest BCUT2D eigenvalue weighted by atomic mass is 32.1. The van der Waals surface area contributed by atoms with E-state index in [-0.39, 0.29) is 55.6 Å². The minimum absolute atomic E-state index is 0.0522. The SMILES string of the molecule is CN1C(=O)[C@@H](NC(=O)/C(=N\OC2(C(=O)O)CC2)c2csc(N)n2)[C@H]1CN1C[C@@H](CNC(=O)NCCN)OC1=O. The fourth-order valence-electron chi connectivity index (χ4n) is 3.99. The fourth-order valence-corrected chi connectivity index (χ4v) is 4.53. The Balaban J connectivity index is 1.38. The molecular weight excluding hydrogens is 538 g/mol. The number of hydrogen-bond acceptors (Lipinski definition) is 12. The summed E-state index contributed by atoms with van der Waals surface area (Å²) in [7, 11) is 1.53. The van der Waals surface area contributed by atoms with Crippen LogP contribution in [-0.4, -0.2) is 119 Å². The number of carbonyl (C=O) groups is 5. The summed E-state index contributed by atoms with van der Waals surface area (Å²) in [4.78, 5) is 73.3. The van der Waals surface area contributed by atoms with E-state index in [1.807, 2.05) is 0 Å². The van der Waals surface area contributed by atoms with Gasteiger partial charge in [-0.1, -0.05) is 5.16 Å². The van der Waals surface area contributed by atoms with Crippen LogP contribution in [0.15, 0.2) is 10.5 Å². The van der Waals surface area contributed by atoms with E-state index in [1.165, 1.54) is 22.2 Å². The molecule has 2 aliphatic heterocycles. The molecule has 0 bridgehead atoms. The minimum Gasteiger partial charge on any atom is -0.478 e. The summed E-state index contributed by atoms with van der Waals surface area (Å²) in [6.07, 6.45) is -0.770. The number of urea groups is 1. The van der Waals surface area contributed by atoms with Crippen LogP contribution < -0.4 is 27.4 Å². The molecule has 1 aromatic rings. The Hall–Kier alpha value is -4.19. The summed E-state index contributed by atoms with van der Waals surface area (Å²) in [5, 5.41) is 22.4. The Labute approximate surface area is 225 Å². The Morgan fingerprint density at radius 2 is 2.08 bits per heavy atom. The van der Waals surface area contributed by atoms with E-state index in [4.69, 9.17) is 21.0 Å². The van der Waals surface area contributed by atoms with Crippen LogP contribution >= 0.6 is 11.3 Å². The number of carbonyl (C=O) groups excluding carboxylic acids is 4. The number of likely N-dealkylation sites (N-methyl/N-ethyl adjacent to an activating group) is 1. The van der Waals surface area contributed by atoms with Gasteiger partial charge in [-0.05, 0) is 0 Å². The molecule has 5 amide bonds. The van der Waals surface area contributed by atoms with Gasteiger partial charge in [0.15, 0.2) is 10.8 Å². The zero-order valence-electron chi connectivity index (χ0n) is 20.9. The number of anilines is 1. The normalized spacial score (nSPS) is 23.5. The quantitative estimate of drug-likeness (QED) is 0.0873. The summed E-state index contributed by atoms with van der Waals surface area (Å²) in [5.41, 5.74) is 9.23. The summed E-state index contributed by atoms with van der Waals surface area (Å²) in [6, 6.07) is -2.04. The van der Waals surface area contributed by atoms with Crippen molar-refractivity contribution in [3.05, 3.63) is 11.1 Å². The second-order valence-corrected chi connectivity index (χ2v) is 10.1. The number of hydrogen-bond donors (Lipinski definition) is 6. The molecule has 212 valence electrons. The van der Waals surface area contributed by atoms with Crippen LogP contribution in [0.2, 0.25) is 0 Å². The van der Waals surface area contributed by atoms with Crippen molar-refractivity contribution in [3.63, 3.8) is 0 Å². The fraction of sp³-hybridized carbons (Fsp3) is 0.571. The van der Waals surface area contributed by atoms with Crippen LogP contribution in [-0.2, 0) is 24.0 Å². The number of β-lactam (4-membered cyclic amide) rings is 1. The molecule has 3 heterocycles. The third kappa shape index (κ3) is 6.11. The summed E-state index contributed by atoms with van der Waals surface area (Å²) < 4.78 is 5.29. The number of ether oxygens (including phenoxy) is 1. The van der Waals surface area contributed by atoms with Gasteiger partial charge in [0.2, 0.25) is 11.5 Å².